The van der Waals surface area contributed by atoms with Gasteiger partial charge in [0, 0.05) is 25.7 Å². The molecule has 0 N–H and O–H groups in total. The van der Waals surface area contributed by atoms with Crippen LogP contribution in [0.25, 0.3) is 0 Å². The number of hydrogen-bond donors (Lipinski definition) is 0. The predicted octanol–water partition coefficient (Wildman–Crippen LogP) is 2.03. The average molecular weight is 366 g/mol. The number of amides is 1. The minimum Gasteiger partial charge on any atom is -0.495 e. The predicted molar refractivity (Wildman–Crippen MR) is 95.0 cm³/mol. The summed E-state index contributed by atoms with van der Waals surface area (Å²) >= 11 is 0. The molecule has 1 amide bonds. The Kier molecular flexibility index (Phi) is 5.06. The van der Waals surface area contributed by atoms with Gasteiger partial charge >= 0.3 is 0 Å². The lowest BCUT2D eigenvalue weighted by Gasteiger charge is -2.35. The van der Waals surface area contributed by atoms with E-state index >= 15 is 0 Å². The number of carbonyl (C=O) groups excluding carboxylic acids is 1. The van der Waals surface area contributed by atoms with Crippen LogP contribution in [0.15, 0.2) is 23.1 Å². The van der Waals surface area contributed by atoms with Crippen LogP contribution in [0.5, 0.6) is 5.75 Å². The van der Waals surface area contributed by atoms with E-state index in [9.17, 15) is 13.2 Å². The Morgan fingerprint density at radius 2 is 2.00 bits per heavy atom. The molecule has 2 bridgehead atoms. The van der Waals surface area contributed by atoms with Gasteiger partial charge in [0.25, 0.3) is 0 Å². The second-order valence-electron chi connectivity index (χ2n) is 6.94. The van der Waals surface area contributed by atoms with Gasteiger partial charge in [0.05, 0.1) is 13.0 Å². The summed E-state index contributed by atoms with van der Waals surface area (Å²) in [7, 11) is -2.22. The highest BCUT2D eigenvalue weighted by molar-refractivity contribution is 7.89. The van der Waals surface area contributed by atoms with Crippen LogP contribution in [0.2, 0.25) is 0 Å². The Morgan fingerprint density at radius 1 is 1.24 bits per heavy atom. The summed E-state index contributed by atoms with van der Waals surface area (Å²) in [5.74, 6) is 0.219. The first-order chi connectivity index (χ1) is 11.9. The maximum absolute atomic E-state index is 13.2. The fourth-order valence-corrected chi connectivity index (χ4v) is 5.52. The number of rotatable bonds is 5. The lowest BCUT2D eigenvalue weighted by atomic mass is 9.94. The van der Waals surface area contributed by atoms with Crippen LogP contribution in [-0.2, 0) is 14.8 Å². The molecule has 2 atom stereocenters. The second kappa shape index (κ2) is 6.96. The molecule has 6 nitrogen and oxygen atoms in total. The molecule has 0 aliphatic carbocycles. The van der Waals surface area contributed by atoms with Crippen LogP contribution in [0.1, 0.15) is 31.7 Å². The quantitative estimate of drug-likeness (QED) is 0.800. The maximum Gasteiger partial charge on any atom is 0.246 e. The number of carbonyl (C=O) groups is 1. The highest BCUT2D eigenvalue weighted by atomic mass is 32.2. The molecule has 3 saturated heterocycles. The first-order valence-electron chi connectivity index (χ1n) is 8.83. The molecule has 1 aromatic rings. The number of benzene rings is 1. The van der Waals surface area contributed by atoms with Gasteiger partial charge in [0.2, 0.25) is 15.9 Å². The summed E-state index contributed by atoms with van der Waals surface area (Å²) in [6.07, 6.45) is 2.52. The van der Waals surface area contributed by atoms with Crippen molar-refractivity contribution < 1.29 is 17.9 Å². The zero-order chi connectivity index (χ0) is 18.2. The molecule has 0 radical (unpaired) electrons. The number of nitrogens with zero attached hydrogens (tertiary/aromatic N) is 2. The van der Waals surface area contributed by atoms with Crippen LogP contribution in [0, 0.1) is 12.8 Å². The largest absolute Gasteiger partial charge is 0.495 e. The van der Waals surface area contributed by atoms with E-state index in [4.69, 9.17) is 4.74 Å². The van der Waals surface area contributed by atoms with Crippen LogP contribution in [-0.4, -0.2) is 56.3 Å². The van der Waals surface area contributed by atoms with E-state index in [1.807, 2.05) is 18.7 Å². The standard InChI is InChI=1S/C18H26N2O4S/c1-4-9-20-15-7-6-14(18(20)21)11-19(12-15)25(22,23)17-8-5-13(2)10-16(17)24-3/h5,8,10,14-15H,4,6-7,9,11-12H2,1-3H3/t14-,15+/m0/s1. The molecular formula is C18H26N2O4S. The Bertz CT molecular complexity index is 762. The van der Waals surface area contributed by atoms with Gasteiger partial charge in [-0.25, -0.2) is 8.42 Å². The lowest BCUT2D eigenvalue weighted by Crippen LogP contribution is -2.48. The van der Waals surface area contributed by atoms with E-state index < -0.39 is 10.0 Å². The molecule has 0 unspecified atom stereocenters. The van der Waals surface area contributed by atoms with Crippen LogP contribution < -0.4 is 4.74 Å². The molecule has 3 aliphatic rings. The molecule has 0 spiro atoms. The van der Waals surface area contributed by atoms with Gasteiger partial charge in [-0.1, -0.05) is 13.0 Å². The van der Waals surface area contributed by atoms with Crippen molar-refractivity contribution in [2.75, 3.05) is 26.7 Å². The Hall–Kier alpha value is -1.60. The molecule has 0 saturated carbocycles. The monoisotopic (exact) mass is 366 g/mol. The number of ether oxygens (including phenoxy) is 1. The zero-order valence-corrected chi connectivity index (χ0v) is 15.9. The van der Waals surface area contributed by atoms with Gasteiger partial charge in [-0.15, -0.1) is 0 Å². The molecule has 1 aromatic carbocycles. The van der Waals surface area contributed by atoms with Crippen molar-refractivity contribution in [3.05, 3.63) is 23.8 Å². The Morgan fingerprint density at radius 3 is 2.68 bits per heavy atom. The van der Waals surface area contributed by atoms with Crippen molar-refractivity contribution in [2.45, 2.75) is 44.0 Å². The normalized spacial score (nSPS) is 24.4. The minimum atomic E-state index is -3.70. The number of sulfonamides is 1. The van der Waals surface area contributed by atoms with Crippen molar-refractivity contribution in [2.24, 2.45) is 5.92 Å². The van der Waals surface area contributed by atoms with E-state index in [0.717, 1.165) is 24.8 Å². The third-order valence-corrected chi connectivity index (χ3v) is 7.03. The van der Waals surface area contributed by atoms with E-state index in [2.05, 4.69) is 0 Å². The van der Waals surface area contributed by atoms with Crippen LogP contribution in [0.4, 0.5) is 0 Å². The number of aryl methyl sites for hydroxylation is 1. The molecule has 3 aliphatic heterocycles. The summed E-state index contributed by atoms with van der Waals surface area (Å²) in [5.41, 5.74) is 0.941. The van der Waals surface area contributed by atoms with E-state index in [1.54, 1.807) is 18.2 Å². The molecule has 4 rings (SSSR count). The van der Waals surface area contributed by atoms with Crippen molar-refractivity contribution in [1.29, 1.82) is 0 Å². The van der Waals surface area contributed by atoms with Gasteiger partial charge in [-0.3, -0.25) is 4.79 Å². The molecule has 0 aromatic heterocycles. The van der Waals surface area contributed by atoms with Crippen molar-refractivity contribution in [3.8, 4) is 5.75 Å². The van der Waals surface area contributed by atoms with Crippen molar-refractivity contribution in [1.82, 2.24) is 9.21 Å². The maximum atomic E-state index is 13.2. The summed E-state index contributed by atoms with van der Waals surface area (Å²) in [5, 5.41) is 0. The molecule has 3 heterocycles. The summed E-state index contributed by atoms with van der Waals surface area (Å²) in [6.45, 7) is 5.25. The van der Waals surface area contributed by atoms with Crippen molar-refractivity contribution in [3.63, 3.8) is 0 Å². The minimum absolute atomic E-state index is 0.0302. The van der Waals surface area contributed by atoms with Gasteiger partial charge in [0.1, 0.15) is 10.6 Å². The third kappa shape index (κ3) is 3.27. The molecule has 138 valence electrons. The number of piperidine rings is 1. The topological polar surface area (TPSA) is 66.9 Å². The number of methoxy groups -OCH3 is 1. The first kappa shape index (κ1) is 18.2. The van der Waals surface area contributed by atoms with Crippen LogP contribution >= 0.6 is 0 Å². The van der Waals surface area contributed by atoms with Gasteiger partial charge in [-0.2, -0.15) is 4.31 Å². The summed E-state index contributed by atoms with van der Waals surface area (Å²) in [4.78, 5) is 14.7. The van der Waals surface area contributed by atoms with E-state index in [-0.39, 0.29) is 29.3 Å². The lowest BCUT2D eigenvalue weighted by molar-refractivity contribution is -0.139. The zero-order valence-electron chi connectivity index (χ0n) is 15.1. The smallest absolute Gasteiger partial charge is 0.246 e. The summed E-state index contributed by atoms with van der Waals surface area (Å²) in [6, 6.07) is 5.07. The molecule has 25 heavy (non-hydrogen) atoms. The fourth-order valence-electron chi connectivity index (χ4n) is 3.86. The van der Waals surface area contributed by atoms with E-state index in [1.165, 1.54) is 11.4 Å². The SMILES string of the molecule is CCCN1C(=O)[C@H]2CC[C@@H]1CN(S(=O)(=O)c1ccc(C)cc1OC)C2. The van der Waals surface area contributed by atoms with E-state index in [0.29, 0.717) is 18.8 Å². The Labute approximate surface area is 149 Å². The Balaban J connectivity index is 1.95. The van der Waals surface area contributed by atoms with Crippen LogP contribution in [0.3, 0.4) is 0 Å². The highest BCUT2D eigenvalue weighted by Gasteiger charge is 2.44. The van der Waals surface area contributed by atoms with Gasteiger partial charge < -0.3 is 9.64 Å². The average Bonchev–Trinajstić information content (AvgIpc) is 2.88. The third-order valence-electron chi connectivity index (χ3n) is 5.16. The molecular weight excluding hydrogens is 340 g/mol. The van der Waals surface area contributed by atoms with Crippen molar-refractivity contribution >= 4 is 15.9 Å². The molecule has 7 heteroatoms. The number of hydrogen-bond acceptors (Lipinski definition) is 4. The van der Waals surface area contributed by atoms with Gasteiger partial charge in [-0.05, 0) is 43.9 Å². The van der Waals surface area contributed by atoms with Gasteiger partial charge in [0.15, 0.2) is 0 Å². The first-order valence-corrected chi connectivity index (χ1v) is 10.3. The highest BCUT2D eigenvalue weighted by Crippen LogP contribution is 2.34. The summed E-state index contributed by atoms with van der Waals surface area (Å²) < 4.78 is 33.3. The second-order valence-corrected chi connectivity index (χ2v) is 8.84. The molecule has 3 fully saturated rings. The number of fused-ring (bicyclic) bond motifs is 4. The fraction of sp³-hybridized carbons (Fsp3) is 0.611.